The van der Waals surface area contributed by atoms with E-state index >= 15 is 0 Å². The summed E-state index contributed by atoms with van der Waals surface area (Å²) in [4.78, 5) is 14.4. The van der Waals surface area contributed by atoms with Crippen LogP contribution in [-0.4, -0.2) is 18.1 Å². The molecule has 5 heteroatoms. The second-order valence-corrected chi connectivity index (χ2v) is 5.74. The molecule has 122 valence electrons. The maximum atomic E-state index is 12.9. The van der Waals surface area contributed by atoms with Crippen LogP contribution in [0.15, 0.2) is 54.2 Å². The van der Waals surface area contributed by atoms with Crippen molar-refractivity contribution in [2.45, 2.75) is 13.3 Å². The van der Waals surface area contributed by atoms with Crippen molar-refractivity contribution in [2.75, 3.05) is 12.0 Å². The highest BCUT2D eigenvalue weighted by Gasteiger charge is 2.33. The fraction of sp³-hybridized carbons (Fsp3) is 0.158. The van der Waals surface area contributed by atoms with Crippen molar-refractivity contribution in [3.05, 3.63) is 65.4 Å². The van der Waals surface area contributed by atoms with Crippen LogP contribution in [0.3, 0.4) is 0 Å². The Morgan fingerprint density at radius 1 is 1.17 bits per heavy atom. The lowest BCUT2D eigenvalue weighted by atomic mass is 10.1. The number of carbonyl (C=O) groups excluding carboxylic acids is 1. The lowest BCUT2D eigenvalue weighted by Gasteiger charge is -2.17. The first-order chi connectivity index (χ1) is 11.7. The average Bonchev–Trinajstić information content (AvgIpc) is 2.89. The van der Waals surface area contributed by atoms with Gasteiger partial charge in [0.25, 0.3) is 5.91 Å². The Morgan fingerprint density at radius 3 is 2.62 bits per heavy atom. The van der Waals surface area contributed by atoms with Crippen molar-refractivity contribution < 1.29 is 9.53 Å². The molecule has 1 heterocycles. The Kier molecular flexibility index (Phi) is 4.62. The molecule has 1 saturated heterocycles. The van der Waals surface area contributed by atoms with E-state index in [0.717, 1.165) is 23.2 Å². The first-order valence-electron chi connectivity index (χ1n) is 7.73. The van der Waals surface area contributed by atoms with Gasteiger partial charge in [0.2, 0.25) is 0 Å². The van der Waals surface area contributed by atoms with Gasteiger partial charge in [-0.2, -0.15) is 0 Å². The predicted octanol–water partition coefficient (Wildman–Crippen LogP) is 3.52. The minimum Gasteiger partial charge on any atom is -0.496 e. The standard InChI is InChI=1S/C19H18N2O2S/c1-3-13-8-4-6-10-16(13)21-18(22)15(20-19(21)24)12-14-9-5-7-11-17(14)23-2/h4-12H,3H2,1-2H3,(H,20,24)/b15-12+. The Balaban J connectivity index is 1.99. The maximum Gasteiger partial charge on any atom is 0.281 e. The van der Waals surface area contributed by atoms with Crippen LogP contribution in [-0.2, 0) is 11.2 Å². The zero-order valence-electron chi connectivity index (χ0n) is 13.6. The van der Waals surface area contributed by atoms with E-state index in [-0.39, 0.29) is 5.91 Å². The van der Waals surface area contributed by atoms with Gasteiger partial charge in [-0.05, 0) is 42.4 Å². The predicted molar refractivity (Wildman–Crippen MR) is 100 cm³/mol. The average molecular weight is 338 g/mol. The molecule has 0 saturated carbocycles. The third-order valence-corrected chi connectivity index (χ3v) is 4.22. The number of ether oxygens (including phenoxy) is 1. The van der Waals surface area contributed by atoms with E-state index in [1.54, 1.807) is 18.1 Å². The molecular weight excluding hydrogens is 320 g/mol. The van der Waals surface area contributed by atoms with Crippen LogP contribution in [0.25, 0.3) is 6.08 Å². The van der Waals surface area contributed by atoms with Crippen LogP contribution in [0.1, 0.15) is 18.1 Å². The van der Waals surface area contributed by atoms with Crippen molar-refractivity contribution >= 4 is 35.0 Å². The molecule has 0 bridgehead atoms. The smallest absolute Gasteiger partial charge is 0.281 e. The van der Waals surface area contributed by atoms with Crippen molar-refractivity contribution in [3.63, 3.8) is 0 Å². The number of thiocarbonyl (C=S) groups is 1. The third-order valence-electron chi connectivity index (χ3n) is 3.93. The summed E-state index contributed by atoms with van der Waals surface area (Å²) < 4.78 is 5.34. The van der Waals surface area contributed by atoms with Crippen LogP contribution in [0.4, 0.5) is 5.69 Å². The Morgan fingerprint density at radius 2 is 1.88 bits per heavy atom. The summed E-state index contributed by atoms with van der Waals surface area (Å²) in [7, 11) is 1.61. The van der Waals surface area contributed by atoms with Gasteiger partial charge in [0, 0.05) is 5.56 Å². The number of methoxy groups -OCH3 is 1. The number of nitrogens with one attached hydrogen (secondary N) is 1. The fourth-order valence-corrected chi connectivity index (χ4v) is 3.01. The number of aryl methyl sites for hydroxylation is 1. The molecule has 24 heavy (non-hydrogen) atoms. The molecule has 0 aliphatic carbocycles. The van der Waals surface area contributed by atoms with Crippen LogP contribution < -0.4 is 15.0 Å². The third kappa shape index (κ3) is 2.90. The highest BCUT2D eigenvalue weighted by Crippen LogP contribution is 2.28. The Hall–Kier alpha value is -2.66. The fourth-order valence-electron chi connectivity index (χ4n) is 2.72. The quantitative estimate of drug-likeness (QED) is 0.684. The number of benzene rings is 2. The number of hydrogen-bond donors (Lipinski definition) is 1. The normalized spacial score (nSPS) is 15.8. The lowest BCUT2D eigenvalue weighted by molar-refractivity contribution is -0.113. The maximum absolute atomic E-state index is 12.9. The first-order valence-corrected chi connectivity index (χ1v) is 8.14. The van der Waals surface area contributed by atoms with Gasteiger partial charge >= 0.3 is 0 Å². The lowest BCUT2D eigenvalue weighted by Crippen LogP contribution is -2.31. The Bertz CT molecular complexity index is 830. The van der Waals surface area contributed by atoms with E-state index in [1.165, 1.54) is 0 Å². The summed E-state index contributed by atoms with van der Waals surface area (Å²) in [5.41, 5.74) is 3.17. The topological polar surface area (TPSA) is 41.6 Å². The molecule has 3 rings (SSSR count). The van der Waals surface area contributed by atoms with Gasteiger partial charge in [-0.25, -0.2) is 0 Å². The second kappa shape index (κ2) is 6.84. The summed E-state index contributed by atoms with van der Waals surface area (Å²) in [6.07, 6.45) is 2.59. The molecular formula is C19H18N2O2S. The summed E-state index contributed by atoms with van der Waals surface area (Å²) in [5.74, 6) is 0.546. The van der Waals surface area contributed by atoms with Gasteiger partial charge in [0.05, 0.1) is 12.8 Å². The number of carbonyl (C=O) groups is 1. The van der Waals surface area contributed by atoms with E-state index in [0.29, 0.717) is 16.6 Å². The largest absolute Gasteiger partial charge is 0.496 e. The molecule has 0 spiro atoms. The van der Waals surface area contributed by atoms with Gasteiger partial charge in [-0.3, -0.25) is 9.69 Å². The molecule has 1 fully saturated rings. The molecule has 0 atom stereocenters. The number of anilines is 1. The van der Waals surface area contributed by atoms with Crippen LogP contribution in [0.2, 0.25) is 0 Å². The Labute approximate surface area is 146 Å². The summed E-state index contributed by atoms with van der Waals surface area (Å²) in [6.45, 7) is 2.06. The van der Waals surface area contributed by atoms with E-state index < -0.39 is 0 Å². The van der Waals surface area contributed by atoms with Crippen LogP contribution in [0.5, 0.6) is 5.75 Å². The molecule has 1 aliphatic heterocycles. The van der Waals surface area contributed by atoms with Crippen LogP contribution >= 0.6 is 12.2 Å². The minimum atomic E-state index is -0.160. The van der Waals surface area contributed by atoms with Crippen molar-refractivity contribution in [2.24, 2.45) is 0 Å². The number of amides is 1. The zero-order chi connectivity index (χ0) is 17.1. The monoisotopic (exact) mass is 338 g/mol. The highest BCUT2D eigenvalue weighted by molar-refractivity contribution is 7.80. The van der Waals surface area contributed by atoms with Crippen molar-refractivity contribution in [3.8, 4) is 5.75 Å². The first kappa shape index (κ1) is 16.2. The molecule has 0 unspecified atom stereocenters. The number of nitrogens with zero attached hydrogens (tertiary/aromatic N) is 1. The van der Waals surface area contributed by atoms with Crippen molar-refractivity contribution in [1.82, 2.24) is 5.32 Å². The SMILES string of the molecule is CCc1ccccc1N1C(=O)/C(=C\c2ccccc2OC)NC1=S. The zero-order valence-corrected chi connectivity index (χ0v) is 14.4. The molecule has 4 nitrogen and oxygen atoms in total. The second-order valence-electron chi connectivity index (χ2n) is 5.35. The molecule has 1 amide bonds. The summed E-state index contributed by atoms with van der Waals surface area (Å²) in [6, 6.07) is 15.3. The van der Waals surface area contributed by atoms with Gasteiger partial charge < -0.3 is 10.1 Å². The number of hydrogen-bond acceptors (Lipinski definition) is 3. The van der Waals surface area contributed by atoms with E-state index in [2.05, 4.69) is 12.2 Å². The van der Waals surface area contributed by atoms with Crippen molar-refractivity contribution in [1.29, 1.82) is 0 Å². The summed E-state index contributed by atoms with van der Waals surface area (Å²) in [5, 5.41) is 3.41. The minimum absolute atomic E-state index is 0.160. The molecule has 2 aromatic carbocycles. The molecule has 0 radical (unpaired) electrons. The molecule has 0 aromatic heterocycles. The van der Waals surface area contributed by atoms with Gasteiger partial charge in [-0.1, -0.05) is 43.3 Å². The van der Waals surface area contributed by atoms with E-state index in [1.807, 2.05) is 48.5 Å². The van der Waals surface area contributed by atoms with Gasteiger partial charge in [0.1, 0.15) is 11.4 Å². The molecule has 1 aliphatic rings. The summed E-state index contributed by atoms with van der Waals surface area (Å²) >= 11 is 5.38. The molecule has 1 N–H and O–H groups in total. The van der Waals surface area contributed by atoms with Crippen LogP contribution in [0, 0.1) is 0 Å². The number of para-hydroxylation sites is 2. The molecule has 2 aromatic rings. The number of rotatable bonds is 4. The van der Waals surface area contributed by atoms with Gasteiger partial charge in [0.15, 0.2) is 5.11 Å². The van der Waals surface area contributed by atoms with Gasteiger partial charge in [-0.15, -0.1) is 0 Å². The highest BCUT2D eigenvalue weighted by atomic mass is 32.1. The van der Waals surface area contributed by atoms with E-state index in [4.69, 9.17) is 17.0 Å². The van der Waals surface area contributed by atoms with E-state index in [9.17, 15) is 4.79 Å².